The van der Waals surface area contributed by atoms with E-state index in [1.165, 1.54) is 12.7 Å². The summed E-state index contributed by atoms with van der Waals surface area (Å²) >= 11 is 1.16. The highest BCUT2D eigenvalue weighted by Gasteiger charge is 2.24. The number of aromatic nitrogens is 2. The van der Waals surface area contributed by atoms with E-state index in [9.17, 15) is 9.59 Å². The summed E-state index contributed by atoms with van der Waals surface area (Å²) in [4.78, 5) is 26.9. The molecule has 0 saturated heterocycles. The molecule has 1 aliphatic heterocycles. The third kappa shape index (κ3) is 3.59. The molecule has 1 N–H and O–H groups in total. The summed E-state index contributed by atoms with van der Waals surface area (Å²) < 4.78 is 9.01. The first-order valence-corrected chi connectivity index (χ1v) is 9.62. The van der Waals surface area contributed by atoms with Crippen LogP contribution in [0.15, 0.2) is 47.8 Å². The van der Waals surface area contributed by atoms with Crippen LogP contribution in [0.1, 0.15) is 32.0 Å². The third-order valence-electron chi connectivity index (χ3n) is 4.69. The molecule has 28 heavy (non-hydrogen) atoms. The van der Waals surface area contributed by atoms with Crippen molar-refractivity contribution in [2.24, 2.45) is 0 Å². The average Bonchev–Trinajstić information content (AvgIpc) is 3.27. The van der Waals surface area contributed by atoms with Gasteiger partial charge in [0.05, 0.1) is 12.7 Å². The first-order chi connectivity index (χ1) is 13.7. The molecular weight excluding hydrogens is 376 g/mol. The second-order valence-electron chi connectivity index (χ2n) is 6.40. The summed E-state index contributed by atoms with van der Waals surface area (Å²) in [7, 11) is 1.54. The van der Waals surface area contributed by atoms with Crippen LogP contribution >= 0.6 is 11.5 Å². The summed E-state index contributed by atoms with van der Waals surface area (Å²) in [5, 5.41) is 8.43. The number of ether oxygens (including phenoxy) is 1. The van der Waals surface area contributed by atoms with Crippen molar-refractivity contribution in [3.8, 4) is 5.75 Å². The number of methoxy groups -OCH3 is 1. The molecule has 1 aromatic heterocycles. The Kier molecular flexibility index (Phi) is 5.03. The van der Waals surface area contributed by atoms with E-state index in [1.54, 1.807) is 28.5 Å². The first-order valence-electron chi connectivity index (χ1n) is 8.78. The number of carbonyl (C=O) groups excluding carboxylic acids is 2. The van der Waals surface area contributed by atoms with Crippen molar-refractivity contribution in [3.05, 3.63) is 70.2 Å². The van der Waals surface area contributed by atoms with Gasteiger partial charge in [-0.15, -0.1) is 5.10 Å². The minimum Gasteiger partial charge on any atom is -0.496 e. The lowest BCUT2D eigenvalue weighted by atomic mass is 9.98. The van der Waals surface area contributed by atoms with Crippen LogP contribution in [0.5, 0.6) is 5.75 Å². The second kappa shape index (κ2) is 7.77. The first kappa shape index (κ1) is 18.1. The lowest BCUT2D eigenvalue weighted by Gasteiger charge is -2.28. The number of carbonyl (C=O) groups is 2. The maximum Gasteiger partial charge on any atom is 0.275 e. The predicted octanol–water partition coefficient (Wildman–Crippen LogP) is 3.00. The van der Waals surface area contributed by atoms with Crippen LogP contribution in [0, 0.1) is 0 Å². The Labute approximate surface area is 166 Å². The van der Waals surface area contributed by atoms with E-state index in [2.05, 4.69) is 14.9 Å². The molecular formula is C20H18N4O3S. The molecule has 2 heterocycles. The number of nitrogens with one attached hydrogen (secondary N) is 1. The van der Waals surface area contributed by atoms with E-state index >= 15 is 0 Å². The number of amides is 2. The number of hydrogen-bond donors (Lipinski definition) is 1. The molecule has 0 saturated carbocycles. The van der Waals surface area contributed by atoms with Gasteiger partial charge in [0.15, 0.2) is 5.69 Å². The molecule has 142 valence electrons. The quantitative estimate of drug-likeness (QED) is 0.735. The lowest BCUT2D eigenvalue weighted by molar-refractivity contribution is 0.0728. The van der Waals surface area contributed by atoms with E-state index in [4.69, 9.17) is 4.74 Å². The van der Waals surface area contributed by atoms with Gasteiger partial charge < -0.3 is 15.0 Å². The molecule has 0 fully saturated rings. The van der Waals surface area contributed by atoms with E-state index in [1.807, 2.05) is 24.3 Å². The molecule has 1 aliphatic rings. The Balaban J connectivity index is 1.52. The van der Waals surface area contributed by atoms with Gasteiger partial charge in [-0.05, 0) is 53.3 Å². The smallest absolute Gasteiger partial charge is 0.275 e. The Morgan fingerprint density at radius 3 is 2.82 bits per heavy atom. The zero-order valence-corrected chi connectivity index (χ0v) is 16.0. The normalized spacial score (nSPS) is 13.0. The van der Waals surface area contributed by atoms with Crippen molar-refractivity contribution in [1.82, 2.24) is 14.5 Å². The highest BCUT2D eigenvalue weighted by atomic mass is 32.1. The highest BCUT2D eigenvalue weighted by molar-refractivity contribution is 7.03. The van der Waals surface area contributed by atoms with Gasteiger partial charge in [0.2, 0.25) is 0 Å². The largest absolute Gasteiger partial charge is 0.496 e. The fraction of sp³-hybridized carbons (Fsp3) is 0.200. The van der Waals surface area contributed by atoms with Gasteiger partial charge in [-0.3, -0.25) is 9.59 Å². The van der Waals surface area contributed by atoms with Gasteiger partial charge in [0.25, 0.3) is 11.8 Å². The maximum atomic E-state index is 12.6. The zero-order chi connectivity index (χ0) is 19.5. The summed E-state index contributed by atoms with van der Waals surface area (Å²) in [6.07, 6.45) is 0.763. The molecule has 0 spiro atoms. The van der Waals surface area contributed by atoms with Gasteiger partial charge in [-0.2, -0.15) is 0 Å². The highest BCUT2D eigenvalue weighted by Crippen LogP contribution is 2.25. The molecule has 4 rings (SSSR count). The summed E-state index contributed by atoms with van der Waals surface area (Å²) in [6, 6.07) is 12.9. The minimum atomic E-state index is -0.241. The van der Waals surface area contributed by atoms with Gasteiger partial charge in [-0.25, -0.2) is 0 Å². The van der Waals surface area contributed by atoms with Crippen molar-refractivity contribution >= 4 is 29.0 Å². The van der Waals surface area contributed by atoms with Gasteiger partial charge in [0.1, 0.15) is 5.75 Å². The molecule has 0 bridgehead atoms. The van der Waals surface area contributed by atoms with Crippen LogP contribution in [-0.2, 0) is 13.0 Å². The third-order valence-corrected chi connectivity index (χ3v) is 5.20. The molecule has 8 heteroatoms. The molecule has 7 nitrogen and oxygen atoms in total. The van der Waals surface area contributed by atoms with Crippen molar-refractivity contribution in [2.45, 2.75) is 13.0 Å². The molecule has 3 aromatic rings. The molecule has 0 radical (unpaired) electrons. The van der Waals surface area contributed by atoms with Crippen LogP contribution in [0.25, 0.3) is 0 Å². The van der Waals surface area contributed by atoms with E-state index in [-0.39, 0.29) is 11.8 Å². The monoisotopic (exact) mass is 394 g/mol. The predicted molar refractivity (Wildman–Crippen MR) is 106 cm³/mol. The Hall–Kier alpha value is -3.26. The van der Waals surface area contributed by atoms with Crippen LogP contribution in [0.3, 0.4) is 0 Å². The number of rotatable bonds is 4. The summed E-state index contributed by atoms with van der Waals surface area (Å²) in [6.45, 7) is 1.11. The lowest BCUT2D eigenvalue weighted by Crippen LogP contribution is -2.36. The molecule has 0 aliphatic carbocycles. The zero-order valence-electron chi connectivity index (χ0n) is 15.2. The van der Waals surface area contributed by atoms with E-state index in [0.29, 0.717) is 35.8 Å². The fourth-order valence-corrected chi connectivity index (χ4v) is 3.69. The number of anilines is 1. The Bertz CT molecular complexity index is 1020. The number of nitrogens with zero attached hydrogens (tertiary/aromatic N) is 3. The second-order valence-corrected chi connectivity index (χ2v) is 7.01. The van der Waals surface area contributed by atoms with Crippen molar-refractivity contribution in [2.75, 3.05) is 19.0 Å². The van der Waals surface area contributed by atoms with Crippen molar-refractivity contribution in [3.63, 3.8) is 0 Å². The van der Waals surface area contributed by atoms with Crippen LogP contribution in [0.2, 0.25) is 0 Å². The Morgan fingerprint density at radius 2 is 2.04 bits per heavy atom. The number of benzene rings is 2. The molecule has 2 amide bonds. The average molecular weight is 394 g/mol. The van der Waals surface area contributed by atoms with E-state index in [0.717, 1.165) is 23.5 Å². The number of hydrogen-bond acceptors (Lipinski definition) is 6. The standard InChI is InChI=1S/C20H18N4O3S/c1-27-18-5-3-2-4-16(18)19(25)21-15-7-6-13-8-9-24(11-14(13)10-15)20(26)17-12-28-23-22-17/h2-7,10,12H,8-9,11H2,1H3,(H,21,25). The summed E-state index contributed by atoms with van der Waals surface area (Å²) in [5.74, 6) is 0.157. The van der Waals surface area contributed by atoms with Gasteiger partial charge in [0, 0.05) is 24.2 Å². The molecule has 0 atom stereocenters. The summed E-state index contributed by atoms with van der Waals surface area (Å²) in [5.41, 5.74) is 3.71. The molecule has 0 unspecified atom stereocenters. The van der Waals surface area contributed by atoms with Gasteiger partial charge >= 0.3 is 0 Å². The topological polar surface area (TPSA) is 84.4 Å². The Morgan fingerprint density at radius 1 is 1.18 bits per heavy atom. The van der Waals surface area contributed by atoms with Crippen LogP contribution in [0.4, 0.5) is 5.69 Å². The van der Waals surface area contributed by atoms with E-state index < -0.39 is 0 Å². The fourth-order valence-electron chi connectivity index (χ4n) is 3.26. The van der Waals surface area contributed by atoms with Crippen molar-refractivity contribution in [1.29, 1.82) is 0 Å². The van der Waals surface area contributed by atoms with Crippen molar-refractivity contribution < 1.29 is 14.3 Å². The number of fused-ring (bicyclic) bond motifs is 1. The van der Waals surface area contributed by atoms with Crippen LogP contribution in [-0.4, -0.2) is 40.0 Å². The minimum absolute atomic E-state index is 0.122. The van der Waals surface area contributed by atoms with Crippen LogP contribution < -0.4 is 10.1 Å². The maximum absolute atomic E-state index is 12.6. The van der Waals surface area contributed by atoms with Gasteiger partial charge in [-0.1, -0.05) is 22.7 Å². The SMILES string of the molecule is COc1ccccc1C(=O)Nc1ccc2c(c1)CN(C(=O)c1csnn1)CC2. The number of para-hydroxylation sites is 1. The molecule has 2 aromatic carbocycles.